The second-order valence-corrected chi connectivity index (χ2v) is 12.1. The van der Waals surface area contributed by atoms with Crippen LogP contribution in [0.4, 0.5) is 5.69 Å². The van der Waals surface area contributed by atoms with Crippen molar-refractivity contribution in [2.24, 2.45) is 10.7 Å². The van der Waals surface area contributed by atoms with Gasteiger partial charge in [-0.15, -0.1) is 0 Å². The van der Waals surface area contributed by atoms with Gasteiger partial charge in [-0.2, -0.15) is 0 Å². The van der Waals surface area contributed by atoms with Crippen molar-refractivity contribution < 1.29 is 9.53 Å². The highest BCUT2D eigenvalue weighted by Crippen LogP contribution is 2.44. The number of unbranched alkanes of at least 4 members (excludes halogenated alkanes) is 1. The predicted molar refractivity (Wildman–Crippen MR) is 163 cm³/mol. The van der Waals surface area contributed by atoms with Gasteiger partial charge in [-0.25, -0.2) is 0 Å². The topological polar surface area (TPSA) is 87.3 Å². The van der Waals surface area contributed by atoms with Gasteiger partial charge in [-0.05, 0) is 82.3 Å². The van der Waals surface area contributed by atoms with Crippen LogP contribution in [-0.4, -0.2) is 83.9 Å². The molecular weight excluding hydrogens is 512 g/mol. The van der Waals surface area contributed by atoms with E-state index in [1.54, 1.807) is 0 Å². The van der Waals surface area contributed by atoms with E-state index in [-0.39, 0.29) is 36.1 Å². The zero-order valence-electron chi connectivity index (χ0n) is 24.5. The number of aliphatic imine (C=N–C) groups is 1. The van der Waals surface area contributed by atoms with Gasteiger partial charge in [0, 0.05) is 43.6 Å². The van der Waals surface area contributed by atoms with Crippen LogP contribution >= 0.6 is 0 Å². The van der Waals surface area contributed by atoms with Crippen LogP contribution < -0.4 is 10.6 Å². The van der Waals surface area contributed by atoms with Gasteiger partial charge in [0.15, 0.2) is 0 Å². The number of rotatable bonds is 9. The third-order valence-corrected chi connectivity index (χ3v) is 9.11. The molecule has 5 atom stereocenters. The SMILES string of the molecule is C[C@@H]1CN(C(=O)CN2c3ccccc3C3C=CN=C(CN(CCCCN)[C@H]4CCCc5cccnc54)C32)C[C@H](C)O1. The van der Waals surface area contributed by atoms with Crippen LogP contribution in [0.5, 0.6) is 0 Å². The second-order valence-electron chi connectivity index (χ2n) is 12.1. The fraction of sp³-hybridized carbons (Fsp3) is 0.545. The number of morpholine rings is 1. The minimum Gasteiger partial charge on any atom is -0.372 e. The van der Waals surface area contributed by atoms with Gasteiger partial charge in [0.25, 0.3) is 0 Å². The molecule has 1 fully saturated rings. The van der Waals surface area contributed by atoms with Crippen LogP contribution in [0, 0.1) is 0 Å². The molecule has 1 aromatic carbocycles. The van der Waals surface area contributed by atoms with Crippen LogP contribution in [0.25, 0.3) is 0 Å². The maximum atomic E-state index is 13.8. The van der Waals surface area contributed by atoms with E-state index in [2.05, 4.69) is 52.3 Å². The van der Waals surface area contributed by atoms with Gasteiger partial charge in [0.05, 0.1) is 42.2 Å². The average molecular weight is 557 g/mol. The Labute approximate surface area is 244 Å². The fourth-order valence-corrected chi connectivity index (χ4v) is 7.35. The number of hydrogen-bond donors (Lipinski definition) is 1. The summed E-state index contributed by atoms with van der Waals surface area (Å²) in [5, 5.41) is 0. The Hall–Kier alpha value is -3.07. The van der Waals surface area contributed by atoms with Crippen molar-refractivity contribution >= 4 is 17.3 Å². The summed E-state index contributed by atoms with van der Waals surface area (Å²) in [6, 6.07) is 13.1. The Balaban J connectivity index is 1.29. The molecule has 1 aromatic heterocycles. The Morgan fingerprint density at radius 3 is 2.78 bits per heavy atom. The molecule has 2 aromatic rings. The first kappa shape index (κ1) is 28.1. The first-order chi connectivity index (χ1) is 20.0. The van der Waals surface area contributed by atoms with E-state index < -0.39 is 0 Å². The molecule has 8 nitrogen and oxygen atoms in total. The molecule has 218 valence electrons. The average Bonchev–Trinajstić information content (AvgIpc) is 3.30. The smallest absolute Gasteiger partial charge is 0.242 e. The van der Waals surface area contributed by atoms with E-state index in [1.807, 2.05) is 31.1 Å². The minimum absolute atomic E-state index is 0.0149. The highest BCUT2D eigenvalue weighted by atomic mass is 16.5. The molecule has 4 aliphatic rings. The molecule has 2 N–H and O–H groups in total. The Morgan fingerprint density at radius 1 is 1.12 bits per heavy atom. The lowest BCUT2D eigenvalue weighted by Crippen LogP contribution is -2.54. The monoisotopic (exact) mass is 556 g/mol. The number of benzene rings is 1. The highest BCUT2D eigenvalue weighted by molar-refractivity contribution is 6.00. The summed E-state index contributed by atoms with van der Waals surface area (Å²) in [6.07, 6.45) is 11.6. The van der Waals surface area contributed by atoms with E-state index in [0.717, 1.165) is 56.6 Å². The number of aromatic nitrogens is 1. The number of hydrogen-bond acceptors (Lipinski definition) is 7. The summed E-state index contributed by atoms with van der Waals surface area (Å²) < 4.78 is 5.91. The number of aryl methyl sites for hydroxylation is 1. The van der Waals surface area contributed by atoms with Crippen LogP contribution in [0.1, 0.15) is 68.3 Å². The van der Waals surface area contributed by atoms with E-state index in [1.165, 1.54) is 16.8 Å². The number of carbonyl (C=O) groups is 1. The van der Waals surface area contributed by atoms with Crippen molar-refractivity contribution in [3.63, 3.8) is 0 Å². The lowest BCUT2D eigenvalue weighted by Gasteiger charge is -2.40. The van der Waals surface area contributed by atoms with Crippen LogP contribution in [0.15, 0.2) is 59.9 Å². The van der Waals surface area contributed by atoms with E-state index >= 15 is 0 Å². The molecule has 0 saturated carbocycles. The quantitative estimate of drug-likeness (QED) is 0.469. The molecule has 2 unspecified atom stereocenters. The number of nitrogens with two attached hydrogens (primary N) is 1. The molecule has 0 radical (unpaired) electrons. The van der Waals surface area contributed by atoms with Gasteiger partial charge in [-0.1, -0.05) is 30.3 Å². The summed E-state index contributed by atoms with van der Waals surface area (Å²) in [5.41, 5.74) is 12.0. The molecule has 1 saturated heterocycles. The molecule has 4 heterocycles. The van der Waals surface area contributed by atoms with Gasteiger partial charge in [0.2, 0.25) is 5.91 Å². The Kier molecular flexibility index (Phi) is 8.51. The number of carbonyl (C=O) groups excluding carboxylic acids is 1. The number of ether oxygens (including phenoxy) is 1. The van der Waals surface area contributed by atoms with Gasteiger partial charge in [0.1, 0.15) is 0 Å². The first-order valence-electron chi connectivity index (χ1n) is 15.4. The lowest BCUT2D eigenvalue weighted by molar-refractivity contribution is -0.141. The zero-order valence-corrected chi connectivity index (χ0v) is 24.5. The van der Waals surface area contributed by atoms with Crippen LogP contribution in [0.3, 0.4) is 0 Å². The summed E-state index contributed by atoms with van der Waals surface area (Å²) >= 11 is 0. The van der Waals surface area contributed by atoms with Crippen molar-refractivity contribution in [1.82, 2.24) is 14.8 Å². The summed E-state index contributed by atoms with van der Waals surface area (Å²) in [6.45, 7) is 8.11. The van der Waals surface area contributed by atoms with Crippen LogP contribution in [0.2, 0.25) is 0 Å². The van der Waals surface area contributed by atoms with Gasteiger partial charge in [-0.3, -0.25) is 19.7 Å². The zero-order chi connectivity index (χ0) is 28.3. The minimum atomic E-state index is 0.0149. The largest absolute Gasteiger partial charge is 0.372 e. The molecule has 3 aliphatic heterocycles. The summed E-state index contributed by atoms with van der Waals surface area (Å²) in [7, 11) is 0. The molecule has 6 rings (SSSR count). The molecular formula is C33H44N6O2. The number of fused-ring (bicyclic) bond motifs is 4. The third kappa shape index (κ3) is 5.83. The molecule has 1 aliphatic carbocycles. The van der Waals surface area contributed by atoms with Crippen molar-refractivity contribution in [3.05, 3.63) is 71.7 Å². The maximum Gasteiger partial charge on any atom is 0.242 e. The number of para-hydroxylation sites is 1. The summed E-state index contributed by atoms with van der Waals surface area (Å²) in [4.78, 5) is 30.5. The van der Waals surface area contributed by atoms with Gasteiger partial charge < -0.3 is 20.3 Å². The first-order valence-corrected chi connectivity index (χ1v) is 15.4. The van der Waals surface area contributed by atoms with Crippen LogP contribution in [-0.2, 0) is 16.0 Å². The van der Waals surface area contributed by atoms with Gasteiger partial charge >= 0.3 is 0 Å². The molecule has 0 bridgehead atoms. The van der Waals surface area contributed by atoms with Crippen molar-refractivity contribution in [3.8, 4) is 0 Å². The molecule has 0 spiro atoms. The highest BCUT2D eigenvalue weighted by Gasteiger charge is 2.43. The normalized spacial score (nSPS) is 26.9. The van der Waals surface area contributed by atoms with E-state index in [9.17, 15) is 4.79 Å². The van der Waals surface area contributed by atoms with E-state index in [0.29, 0.717) is 26.2 Å². The standard InChI is InChI=1S/C33H44N6O2/c1-23-19-38(20-24(2)41-23)31(40)22-39-29-12-4-3-11-26(29)27-14-17-35-28(33(27)39)21-37(18-6-5-15-34)30-13-7-9-25-10-8-16-36-32(25)30/h3-4,8,10-12,14,16-17,23-24,27,30,33H,5-7,9,13,15,18-22,34H2,1-2H3/t23-,24+,27?,30-,33?/m0/s1. The van der Waals surface area contributed by atoms with Crippen molar-refractivity contribution in [1.29, 1.82) is 0 Å². The number of pyridine rings is 1. The number of anilines is 1. The Morgan fingerprint density at radius 2 is 1.95 bits per heavy atom. The third-order valence-electron chi connectivity index (χ3n) is 9.11. The van der Waals surface area contributed by atoms with Crippen molar-refractivity contribution in [2.45, 2.75) is 76.2 Å². The predicted octanol–water partition coefficient (Wildman–Crippen LogP) is 4.08. The number of amides is 1. The lowest BCUT2D eigenvalue weighted by atomic mass is 9.88. The van der Waals surface area contributed by atoms with Crippen molar-refractivity contribution in [2.75, 3.05) is 44.2 Å². The van der Waals surface area contributed by atoms with E-state index in [4.69, 9.17) is 20.4 Å². The fourth-order valence-electron chi connectivity index (χ4n) is 7.35. The summed E-state index contributed by atoms with van der Waals surface area (Å²) in [5.74, 6) is 0.332. The second kappa shape index (κ2) is 12.4. The molecule has 8 heteroatoms. The Bertz CT molecular complexity index is 1280. The molecule has 41 heavy (non-hydrogen) atoms. The maximum absolute atomic E-state index is 13.8. The molecule has 1 amide bonds. The number of nitrogens with zero attached hydrogens (tertiary/aromatic N) is 5.